The van der Waals surface area contributed by atoms with Crippen LogP contribution in [0.1, 0.15) is 26.2 Å². The molecule has 0 bridgehead atoms. The number of nitrogens with zero attached hydrogens (tertiary/aromatic N) is 3. The smallest absolute Gasteiger partial charge is 0.223 e. The van der Waals surface area contributed by atoms with Crippen LogP contribution in [0, 0.1) is 0 Å². The number of carbonyl (C=O) groups excluding carboxylic acids is 2. The van der Waals surface area contributed by atoms with Gasteiger partial charge in [0.1, 0.15) is 0 Å². The van der Waals surface area contributed by atoms with Gasteiger partial charge < -0.3 is 14.7 Å². The molecule has 1 aliphatic rings. The van der Waals surface area contributed by atoms with E-state index in [2.05, 4.69) is 0 Å². The standard InChI is InChI=1S/C13H25N3O2/c1-4-5-12(17)15-8-10-16(11-9-15)13(18)6-7-14(2)3/h4-11H2,1-3H3. The molecule has 0 spiro atoms. The van der Waals surface area contributed by atoms with Gasteiger partial charge in [0, 0.05) is 45.6 Å². The van der Waals surface area contributed by atoms with Crippen molar-refractivity contribution in [3.63, 3.8) is 0 Å². The van der Waals surface area contributed by atoms with Crippen LogP contribution in [0.3, 0.4) is 0 Å². The molecule has 18 heavy (non-hydrogen) atoms. The van der Waals surface area contributed by atoms with Gasteiger partial charge in [0.25, 0.3) is 0 Å². The lowest BCUT2D eigenvalue weighted by Gasteiger charge is -2.35. The van der Waals surface area contributed by atoms with Crippen molar-refractivity contribution in [1.82, 2.24) is 14.7 Å². The SMILES string of the molecule is CCCC(=O)N1CCN(C(=O)CCN(C)C)CC1. The number of rotatable bonds is 5. The number of carbonyl (C=O) groups is 2. The summed E-state index contributed by atoms with van der Waals surface area (Å²) >= 11 is 0. The molecule has 0 atom stereocenters. The van der Waals surface area contributed by atoms with Crippen LogP contribution in [0.5, 0.6) is 0 Å². The van der Waals surface area contributed by atoms with Crippen molar-refractivity contribution in [1.29, 1.82) is 0 Å². The second-order valence-corrected chi connectivity index (χ2v) is 5.06. The van der Waals surface area contributed by atoms with E-state index in [1.807, 2.05) is 35.7 Å². The summed E-state index contributed by atoms with van der Waals surface area (Å²) in [7, 11) is 3.93. The van der Waals surface area contributed by atoms with Crippen LogP contribution in [0.15, 0.2) is 0 Å². The lowest BCUT2D eigenvalue weighted by Crippen LogP contribution is -2.50. The van der Waals surface area contributed by atoms with E-state index in [0.717, 1.165) is 13.0 Å². The maximum atomic E-state index is 11.9. The van der Waals surface area contributed by atoms with E-state index >= 15 is 0 Å². The predicted octanol–water partition coefficient (Wildman–Crippen LogP) is 0.409. The molecule has 1 saturated heterocycles. The maximum absolute atomic E-state index is 11.9. The van der Waals surface area contributed by atoms with E-state index in [-0.39, 0.29) is 11.8 Å². The van der Waals surface area contributed by atoms with Gasteiger partial charge in [-0.05, 0) is 20.5 Å². The van der Waals surface area contributed by atoms with Crippen LogP contribution in [0.25, 0.3) is 0 Å². The molecule has 1 heterocycles. The van der Waals surface area contributed by atoms with Crippen molar-refractivity contribution in [3.8, 4) is 0 Å². The summed E-state index contributed by atoms with van der Waals surface area (Å²) < 4.78 is 0. The molecule has 1 aliphatic heterocycles. The molecule has 5 heteroatoms. The van der Waals surface area contributed by atoms with Crippen LogP contribution in [0.4, 0.5) is 0 Å². The highest BCUT2D eigenvalue weighted by atomic mass is 16.2. The molecule has 0 saturated carbocycles. The molecule has 0 radical (unpaired) electrons. The number of hydrogen-bond donors (Lipinski definition) is 0. The Morgan fingerprint density at radius 2 is 1.39 bits per heavy atom. The van der Waals surface area contributed by atoms with Crippen molar-refractivity contribution in [3.05, 3.63) is 0 Å². The van der Waals surface area contributed by atoms with E-state index in [0.29, 0.717) is 39.0 Å². The van der Waals surface area contributed by atoms with Gasteiger partial charge in [0.15, 0.2) is 0 Å². The molecule has 0 aromatic heterocycles. The number of amides is 2. The zero-order chi connectivity index (χ0) is 13.5. The molecule has 0 aromatic carbocycles. The van der Waals surface area contributed by atoms with Gasteiger partial charge in [-0.1, -0.05) is 6.92 Å². The van der Waals surface area contributed by atoms with Gasteiger partial charge in [0.2, 0.25) is 11.8 Å². The Bertz CT molecular complexity index is 284. The average Bonchev–Trinajstić information content (AvgIpc) is 2.36. The highest BCUT2D eigenvalue weighted by Crippen LogP contribution is 2.06. The van der Waals surface area contributed by atoms with Crippen LogP contribution in [-0.4, -0.2) is 73.3 Å². The molecule has 104 valence electrons. The Balaban J connectivity index is 2.30. The van der Waals surface area contributed by atoms with E-state index in [9.17, 15) is 9.59 Å². The van der Waals surface area contributed by atoms with Gasteiger partial charge in [-0.2, -0.15) is 0 Å². The molecule has 0 N–H and O–H groups in total. The van der Waals surface area contributed by atoms with Gasteiger partial charge in [-0.25, -0.2) is 0 Å². The molecule has 0 unspecified atom stereocenters. The lowest BCUT2D eigenvalue weighted by atomic mass is 10.2. The van der Waals surface area contributed by atoms with Crippen LogP contribution >= 0.6 is 0 Å². The summed E-state index contributed by atoms with van der Waals surface area (Å²) in [5.41, 5.74) is 0. The van der Waals surface area contributed by atoms with Gasteiger partial charge in [0.05, 0.1) is 0 Å². The third-order valence-electron chi connectivity index (χ3n) is 3.22. The molecule has 2 amide bonds. The topological polar surface area (TPSA) is 43.9 Å². The first-order valence-corrected chi connectivity index (χ1v) is 6.75. The van der Waals surface area contributed by atoms with Crippen molar-refractivity contribution >= 4 is 11.8 Å². The second-order valence-electron chi connectivity index (χ2n) is 5.06. The molecule has 0 aliphatic carbocycles. The summed E-state index contributed by atoms with van der Waals surface area (Å²) in [4.78, 5) is 29.4. The first-order chi connectivity index (χ1) is 8.54. The van der Waals surface area contributed by atoms with Crippen molar-refractivity contribution in [2.45, 2.75) is 26.2 Å². The summed E-state index contributed by atoms with van der Waals surface area (Å²) in [6, 6.07) is 0. The summed E-state index contributed by atoms with van der Waals surface area (Å²) in [6.07, 6.45) is 2.07. The fourth-order valence-corrected chi connectivity index (χ4v) is 2.05. The molecule has 5 nitrogen and oxygen atoms in total. The quantitative estimate of drug-likeness (QED) is 0.714. The number of piperazine rings is 1. The highest BCUT2D eigenvalue weighted by Gasteiger charge is 2.23. The van der Waals surface area contributed by atoms with E-state index in [1.54, 1.807) is 0 Å². The first kappa shape index (κ1) is 15.0. The Hall–Kier alpha value is -1.10. The monoisotopic (exact) mass is 255 g/mol. The first-order valence-electron chi connectivity index (χ1n) is 6.75. The van der Waals surface area contributed by atoms with Crippen LogP contribution in [0.2, 0.25) is 0 Å². The zero-order valence-corrected chi connectivity index (χ0v) is 11.8. The van der Waals surface area contributed by atoms with Gasteiger partial charge in [-0.15, -0.1) is 0 Å². The molecule has 1 fully saturated rings. The highest BCUT2D eigenvalue weighted by molar-refractivity contribution is 5.78. The fourth-order valence-electron chi connectivity index (χ4n) is 2.05. The van der Waals surface area contributed by atoms with Crippen LogP contribution < -0.4 is 0 Å². The molecular weight excluding hydrogens is 230 g/mol. The normalized spacial score (nSPS) is 16.2. The third kappa shape index (κ3) is 4.64. The summed E-state index contributed by atoms with van der Waals surface area (Å²) in [5.74, 6) is 0.421. The molecular formula is C13H25N3O2. The number of hydrogen-bond acceptors (Lipinski definition) is 3. The Kier molecular flexibility index (Phi) is 6.12. The average molecular weight is 255 g/mol. The van der Waals surface area contributed by atoms with Gasteiger partial charge in [-0.3, -0.25) is 9.59 Å². The minimum absolute atomic E-state index is 0.200. The van der Waals surface area contributed by atoms with Crippen molar-refractivity contribution < 1.29 is 9.59 Å². The van der Waals surface area contributed by atoms with Crippen LogP contribution in [-0.2, 0) is 9.59 Å². The fraction of sp³-hybridized carbons (Fsp3) is 0.846. The second kappa shape index (κ2) is 7.36. The van der Waals surface area contributed by atoms with Crippen molar-refractivity contribution in [2.75, 3.05) is 46.8 Å². The molecule has 0 aromatic rings. The van der Waals surface area contributed by atoms with E-state index in [4.69, 9.17) is 0 Å². The summed E-state index contributed by atoms with van der Waals surface area (Å²) in [6.45, 7) is 5.54. The Morgan fingerprint density at radius 1 is 0.944 bits per heavy atom. The summed E-state index contributed by atoms with van der Waals surface area (Å²) in [5, 5.41) is 0. The van der Waals surface area contributed by atoms with E-state index in [1.165, 1.54) is 0 Å². The minimum Gasteiger partial charge on any atom is -0.339 e. The van der Waals surface area contributed by atoms with E-state index < -0.39 is 0 Å². The maximum Gasteiger partial charge on any atom is 0.223 e. The zero-order valence-electron chi connectivity index (χ0n) is 11.8. The lowest BCUT2D eigenvalue weighted by molar-refractivity contribution is -0.139. The predicted molar refractivity (Wildman–Crippen MR) is 71.2 cm³/mol. The Labute approximate surface area is 110 Å². The molecule has 1 rings (SSSR count). The Morgan fingerprint density at radius 3 is 1.78 bits per heavy atom. The van der Waals surface area contributed by atoms with Crippen molar-refractivity contribution in [2.24, 2.45) is 0 Å². The third-order valence-corrected chi connectivity index (χ3v) is 3.22. The minimum atomic E-state index is 0.200. The largest absolute Gasteiger partial charge is 0.339 e. The van der Waals surface area contributed by atoms with Gasteiger partial charge >= 0.3 is 0 Å².